The molecule has 0 spiro atoms. The Kier molecular flexibility index (Phi) is 5.98. The number of nitrogens with one attached hydrogen (secondary N) is 2. The lowest BCUT2D eigenvalue weighted by atomic mass is 10.1. The third-order valence-corrected chi connectivity index (χ3v) is 3.81. The number of anilines is 2. The molecular formula is C18H19BrN2O3. The molecule has 0 radical (unpaired) electrons. The van der Waals surface area contributed by atoms with E-state index in [-0.39, 0.29) is 17.7 Å². The molecule has 6 heteroatoms. The molecule has 0 unspecified atom stereocenters. The van der Waals surface area contributed by atoms with Crippen LogP contribution in [0.25, 0.3) is 0 Å². The number of amides is 2. The van der Waals surface area contributed by atoms with Crippen LogP contribution in [-0.2, 0) is 4.79 Å². The summed E-state index contributed by atoms with van der Waals surface area (Å²) < 4.78 is 6.01. The minimum atomic E-state index is -0.291. The fourth-order valence-electron chi connectivity index (χ4n) is 2.02. The number of halogens is 1. The van der Waals surface area contributed by atoms with E-state index in [0.29, 0.717) is 22.7 Å². The van der Waals surface area contributed by atoms with Crippen molar-refractivity contribution in [3.05, 3.63) is 52.5 Å². The van der Waals surface area contributed by atoms with Gasteiger partial charge in [0.25, 0.3) is 5.91 Å². The second kappa shape index (κ2) is 7.97. The molecule has 2 aromatic carbocycles. The quantitative estimate of drug-likeness (QED) is 0.799. The highest BCUT2D eigenvalue weighted by Gasteiger charge is 2.14. The smallest absolute Gasteiger partial charge is 0.259 e. The SMILES string of the molecule is COc1ccc(Br)cc1C(=O)Nc1cccc(NC(=O)C(C)C)c1. The van der Waals surface area contributed by atoms with Gasteiger partial charge in [0.1, 0.15) is 5.75 Å². The topological polar surface area (TPSA) is 67.4 Å². The second-order valence-corrected chi connectivity index (χ2v) is 6.44. The zero-order valence-electron chi connectivity index (χ0n) is 13.7. The monoisotopic (exact) mass is 390 g/mol. The Morgan fingerprint density at radius 2 is 1.71 bits per heavy atom. The third kappa shape index (κ3) is 4.58. The standard InChI is InChI=1S/C18H19BrN2O3/c1-11(2)17(22)20-13-5-4-6-14(10-13)21-18(23)15-9-12(19)7-8-16(15)24-3/h4-11H,1-3H3,(H,20,22)(H,21,23). The molecule has 0 heterocycles. The first-order valence-corrected chi connectivity index (χ1v) is 8.26. The van der Waals surface area contributed by atoms with Crippen LogP contribution >= 0.6 is 15.9 Å². The predicted molar refractivity (Wildman–Crippen MR) is 98.6 cm³/mol. The van der Waals surface area contributed by atoms with Gasteiger partial charge in [0.15, 0.2) is 0 Å². The van der Waals surface area contributed by atoms with Crippen molar-refractivity contribution in [2.75, 3.05) is 17.7 Å². The van der Waals surface area contributed by atoms with E-state index in [1.54, 1.807) is 42.5 Å². The summed E-state index contributed by atoms with van der Waals surface area (Å²) in [5, 5.41) is 5.62. The van der Waals surface area contributed by atoms with Crippen LogP contribution in [0.2, 0.25) is 0 Å². The number of methoxy groups -OCH3 is 1. The summed E-state index contributed by atoms with van der Waals surface area (Å²) in [6.07, 6.45) is 0. The molecule has 2 aromatic rings. The van der Waals surface area contributed by atoms with Crippen molar-refractivity contribution in [2.45, 2.75) is 13.8 Å². The first kappa shape index (κ1) is 18.0. The Labute approximate surface area is 149 Å². The molecule has 5 nitrogen and oxygen atoms in total. The normalized spacial score (nSPS) is 10.4. The molecule has 0 fully saturated rings. The molecule has 2 rings (SSSR count). The van der Waals surface area contributed by atoms with Crippen molar-refractivity contribution in [3.8, 4) is 5.75 Å². The Morgan fingerprint density at radius 3 is 2.33 bits per heavy atom. The maximum absolute atomic E-state index is 12.5. The van der Waals surface area contributed by atoms with Crippen LogP contribution in [-0.4, -0.2) is 18.9 Å². The zero-order chi connectivity index (χ0) is 17.7. The highest BCUT2D eigenvalue weighted by atomic mass is 79.9. The molecule has 0 bridgehead atoms. The van der Waals surface area contributed by atoms with Gasteiger partial charge < -0.3 is 15.4 Å². The van der Waals surface area contributed by atoms with E-state index < -0.39 is 0 Å². The van der Waals surface area contributed by atoms with Crippen LogP contribution in [0, 0.1) is 5.92 Å². The van der Waals surface area contributed by atoms with Gasteiger partial charge in [0.05, 0.1) is 12.7 Å². The van der Waals surface area contributed by atoms with Gasteiger partial charge >= 0.3 is 0 Å². The van der Waals surface area contributed by atoms with Gasteiger partial charge in [-0.3, -0.25) is 9.59 Å². The fourth-order valence-corrected chi connectivity index (χ4v) is 2.38. The molecule has 126 valence electrons. The third-order valence-electron chi connectivity index (χ3n) is 3.32. The van der Waals surface area contributed by atoms with Crippen molar-refractivity contribution in [2.24, 2.45) is 5.92 Å². The molecule has 24 heavy (non-hydrogen) atoms. The number of ether oxygens (including phenoxy) is 1. The van der Waals surface area contributed by atoms with Crippen LogP contribution in [0.15, 0.2) is 46.9 Å². The van der Waals surface area contributed by atoms with E-state index in [0.717, 1.165) is 4.47 Å². The molecule has 0 saturated carbocycles. The number of rotatable bonds is 5. The Balaban J connectivity index is 2.18. The van der Waals surface area contributed by atoms with Gasteiger partial charge in [-0.2, -0.15) is 0 Å². The first-order chi connectivity index (χ1) is 11.4. The van der Waals surface area contributed by atoms with E-state index in [1.807, 2.05) is 13.8 Å². The predicted octanol–water partition coefficient (Wildman–Crippen LogP) is 4.30. The largest absolute Gasteiger partial charge is 0.496 e. The lowest BCUT2D eigenvalue weighted by Crippen LogP contribution is -2.18. The number of carbonyl (C=O) groups excluding carboxylic acids is 2. The molecule has 0 saturated heterocycles. The maximum Gasteiger partial charge on any atom is 0.259 e. The van der Waals surface area contributed by atoms with E-state index in [9.17, 15) is 9.59 Å². The zero-order valence-corrected chi connectivity index (χ0v) is 15.3. The van der Waals surface area contributed by atoms with Crippen molar-refractivity contribution >= 4 is 39.1 Å². The van der Waals surface area contributed by atoms with Crippen LogP contribution in [0.5, 0.6) is 5.75 Å². The summed E-state index contributed by atoms with van der Waals surface area (Å²) in [4.78, 5) is 24.3. The molecule has 0 aliphatic rings. The van der Waals surface area contributed by atoms with Gasteiger partial charge in [-0.1, -0.05) is 35.8 Å². The van der Waals surface area contributed by atoms with Gasteiger partial charge in [-0.15, -0.1) is 0 Å². The number of benzene rings is 2. The van der Waals surface area contributed by atoms with Crippen molar-refractivity contribution in [1.82, 2.24) is 0 Å². The summed E-state index contributed by atoms with van der Waals surface area (Å²) in [6, 6.07) is 12.2. The average molecular weight is 391 g/mol. The second-order valence-electron chi connectivity index (χ2n) is 5.52. The number of hydrogen-bond donors (Lipinski definition) is 2. The molecule has 0 aromatic heterocycles. The summed E-state index contributed by atoms with van der Waals surface area (Å²) in [5.41, 5.74) is 1.64. The number of hydrogen-bond acceptors (Lipinski definition) is 3. The molecule has 0 aliphatic carbocycles. The average Bonchev–Trinajstić information content (AvgIpc) is 2.55. The first-order valence-electron chi connectivity index (χ1n) is 7.46. The molecular weight excluding hydrogens is 372 g/mol. The van der Waals surface area contributed by atoms with E-state index in [4.69, 9.17) is 4.74 Å². The summed E-state index contributed by atoms with van der Waals surface area (Å²) in [7, 11) is 1.52. The number of carbonyl (C=O) groups is 2. The lowest BCUT2D eigenvalue weighted by Gasteiger charge is -2.12. The van der Waals surface area contributed by atoms with E-state index in [1.165, 1.54) is 7.11 Å². The lowest BCUT2D eigenvalue weighted by molar-refractivity contribution is -0.118. The Morgan fingerprint density at radius 1 is 1.04 bits per heavy atom. The fraction of sp³-hybridized carbons (Fsp3) is 0.222. The van der Waals surface area contributed by atoms with E-state index >= 15 is 0 Å². The highest BCUT2D eigenvalue weighted by molar-refractivity contribution is 9.10. The van der Waals surface area contributed by atoms with Crippen molar-refractivity contribution in [1.29, 1.82) is 0 Å². The molecule has 2 N–H and O–H groups in total. The minimum absolute atomic E-state index is 0.0767. The minimum Gasteiger partial charge on any atom is -0.496 e. The maximum atomic E-state index is 12.5. The van der Waals surface area contributed by atoms with Crippen LogP contribution < -0.4 is 15.4 Å². The van der Waals surface area contributed by atoms with Crippen LogP contribution in [0.4, 0.5) is 11.4 Å². The van der Waals surface area contributed by atoms with Gasteiger partial charge in [0, 0.05) is 21.8 Å². The van der Waals surface area contributed by atoms with Crippen LogP contribution in [0.3, 0.4) is 0 Å². The summed E-state index contributed by atoms with van der Waals surface area (Å²) in [6.45, 7) is 3.64. The van der Waals surface area contributed by atoms with Crippen molar-refractivity contribution in [3.63, 3.8) is 0 Å². The molecule has 2 amide bonds. The van der Waals surface area contributed by atoms with Gasteiger partial charge in [-0.05, 0) is 36.4 Å². The summed E-state index contributed by atoms with van der Waals surface area (Å²) in [5.74, 6) is 0.00163. The Hall–Kier alpha value is -2.34. The van der Waals surface area contributed by atoms with Gasteiger partial charge in [0.2, 0.25) is 5.91 Å². The highest BCUT2D eigenvalue weighted by Crippen LogP contribution is 2.24. The van der Waals surface area contributed by atoms with Crippen LogP contribution in [0.1, 0.15) is 24.2 Å². The van der Waals surface area contributed by atoms with E-state index in [2.05, 4.69) is 26.6 Å². The van der Waals surface area contributed by atoms with Gasteiger partial charge in [-0.25, -0.2) is 0 Å². The molecule has 0 atom stereocenters. The summed E-state index contributed by atoms with van der Waals surface area (Å²) >= 11 is 3.35. The Bertz CT molecular complexity index is 760. The van der Waals surface area contributed by atoms with Crippen molar-refractivity contribution < 1.29 is 14.3 Å². The molecule has 0 aliphatic heterocycles.